The SMILES string of the molecule is CC(C)CCC[C@@H](C)[C@H]1CC[C@H]2[C@@H]3CCC4C[C@H](NC(=O)c5ccc(NC(=O)OC(C)(C)C)cc5O)CC[C@]4(C)[C@H]3CC[C@]12C. The standard InChI is InChI=1S/C39H62N2O4/c1-24(2)10-9-11-25(3)31-16-17-32-29-14-12-26-22-28(18-20-38(26,7)33(29)19-21-39(31,32)8)40-35(43)30-15-13-27(23-34(30)42)41-36(44)45-37(4,5)6/h13,15,23-26,28-29,31-33,42H,9-12,14,16-22H2,1-8H3,(H,40,43)(H,41,44)/t25-,26?,28-,29+,31-,32+,33+,38+,39-/m1/s1. The Hall–Kier alpha value is -2.24. The fourth-order valence-corrected chi connectivity index (χ4v) is 10.9. The normalized spacial score (nSPS) is 35.1. The first kappa shape index (κ1) is 34.1. The van der Waals surface area contributed by atoms with Crippen molar-refractivity contribution in [3.63, 3.8) is 0 Å². The van der Waals surface area contributed by atoms with E-state index in [4.69, 9.17) is 4.74 Å². The van der Waals surface area contributed by atoms with Crippen LogP contribution in [0.15, 0.2) is 18.2 Å². The Morgan fingerprint density at radius 1 is 0.956 bits per heavy atom. The van der Waals surface area contributed by atoms with Crippen LogP contribution >= 0.6 is 0 Å². The van der Waals surface area contributed by atoms with Crippen LogP contribution in [-0.2, 0) is 4.74 Å². The molecule has 252 valence electrons. The Bertz CT molecular complexity index is 1220. The highest BCUT2D eigenvalue weighted by Gasteiger charge is 2.60. The van der Waals surface area contributed by atoms with E-state index in [1.54, 1.807) is 32.9 Å². The number of benzene rings is 1. The maximum absolute atomic E-state index is 13.3. The molecule has 1 aromatic carbocycles. The van der Waals surface area contributed by atoms with Crippen molar-refractivity contribution in [2.45, 2.75) is 144 Å². The predicted octanol–water partition coefficient (Wildman–Crippen LogP) is 9.96. The number of hydrogen-bond acceptors (Lipinski definition) is 4. The number of phenols is 1. The van der Waals surface area contributed by atoms with Gasteiger partial charge in [-0.3, -0.25) is 10.1 Å². The lowest BCUT2D eigenvalue weighted by molar-refractivity contribution is -0.117. The number of ether oxygens (including phenoxy) is 1. The summed E-state index contributed by atoms with van der Waals surface area (Å²) in [7, 11) is 0. The largest absolute Gasteiger partial charge is 0.507 e. The molecular formula is C39H62N2O4. The Labute approximate surface area is 273 Å². The fourth-order valence-electron chi connectivity index (χ4n) is 10.9. The molecule has 4 aliphatic rings. The fraction of sp³-hybridized carbons (Fsp3) is 0.795. The summed E-state index contributed by atoms with van der Waals surface area (Å²) in [5, 5.41) is 16.5. The Morgan fingerprint density at radius 2 is 1.67 bits per heavy atom. The third-order valence-corrected chi connectivity index (χ3v) is 13.1. The van der Waals surface area contributed by atoms with E-state index in [1.807, 2.05) is 0 Å². The summed E-state index contributed by atoms with van der Waals surface area (Å²) in [6.45, 7) is 17.9. The van der Waals surface area contributed by atoms with Crippen LogP contribution in [0.5, 0.6) is 5.75 Å². The summed E-state index contributed by atoms with van der Waals surface area (Å²) in [5.74, 6) is 5.38. The molecular weight excluding hydrogens is 560 g/mol. The molecule has 2 amide bonds. The summed E-state index contributed by atoms with van der Waals surface area (Å²) in [5.41, 5.74) is 0.892. The van der Waals surface area contributed by atoms with E-state index >= 15 is 0 Å². The highest BCUT2D eigenvalue weighted by molar-refractivity contribution is 5.98. The zero-order valence-electron chi connectivity index (χ0n) is 29.5. The van der Waals surface area contributed by atoms with Gasteiger partial charge in [0.05, 0.1) is 5.56 Å². The second-order valence-corrected chi connectivity index (χ2v) is 17.5. The molecule has 0 aromatic heterocycles. The van der Waals surface area contributed by atoms with Gasteiger partial charge in [-0.1, -0.05) is 53.9 Å². The third kappa shape index (κ3) is 7.20. The lowest BCUT2D eigenvalue weighted by Gasteiger charge is -2.61. The van der Waals surface area contributed by atoms with Crippen LogP contribution < -0.4 is 10.6 Å². The minimum atomic E-state index is -0.621. The lowest BCUT2D eigenvalue weighted by atomic mass is 9.44. The van der Waals surface area contributed by atoms with Crippen LogP contribution in [0.1, 0.15) is 143 Å². The molecule has 6 nitrogen and oxygen atoms in total. The average molecular weight is 623 g/mol. The minimum absolute atomic E-state index is 0.127. The molecule has 0 bridgehead atoms. The molecule has 0 aliphatic heterocycles. The first-order valence-electron chi connectivity index (χ1n) is 18.2. The summed E-state index contributed by atoms with van der Waals surface area (Å²) < 4.78 is 5.29. The van der Waals surface area contributed by atoms with E-state index < -0.39 is 11.7 Å². The molecule has 6 heteroatoms. The number of anilines is 1. The van der Waals surface area contributed by atoms with E-state index in [0.29, 0.717) is 22.4 Å². The van der Waals surface area contributed by atoms with Gasteiger partial charge >= 0.3 is 6.09 Å². The molecule has 0 spiro atoms. The predicted molar refractivity (Wildman–Crippen MR) is 182 cm³/mol. The number of fused-ring (bicyclic) bond motifs is 5. The molecule has 4 fully saturated rings. The van der Waals surface area contributed by atoms with Crippen molar-refractivity contribution in [2.75, 3.05) is 5.32 Å². The lowest BCUT2D eigenvalue weighted by Crippen LogP contribution is -2.55. The summed E-state index contributed by atoms with van der Waals surface area (Å²) in [6.07, 6.45) is 15.0. The number of hydrogen-bond donors (Lipinski definition) is 3. The van der Waals surface area contributed by atoms with Crippen LogP contribution in [0.2, 0.25) is 0 Å². The van der Waals surface area contributed by atoms with Gasteiger partial charge in [0.15, 0.2) is 0 Å². The molecule has 3 N–H and O–H groups in total. The summed E-state index contributed by atoms with van der Waals surface area (Å²) >= 11 is 0. The van der Waals surface area contributed by atoms with Gasteiger partial charge in [0.25, 0.3) is 5.91 Å². The Morgan fingerprint density at radius 3 is 2.36 bits per heavy atom. The van der Waals surface area contributed by atoms with Crippen molar-refractivity contribution in [1.82, 2.24) is 5.32 Å². The van der Waals surface area contributed by atoms with Crippen LogP contribution in [0.25, 0.3) is 0 Å². The highest BCUT2D eigenvalue weighted by Crippen LogP contribution is 2.68. The van der Waals surface area contributed by atoms with Gasteiger partial charge in [0.2, 0.25) is 0 Å². The number of carbonyl (C=O) groups excluding carboxylic acids is 2. The molecule has 0 heterocycles. The van der Waals surface area contributed by atoms with Crippen LogP contribution in [0, 0.1) is 52.3 Å². The number of phenolic OH excluding ortho intramolecular Hbond substituents is 1. The zero-order chi connectivity index (χ0) is 32.7. The second kappa shape index (κ2) is 13.1. The van der Waals surface area contributed by atoms with Crippen molar-refractivity contribution < 1.29 is 19.4 Å². The molecule has 5 rings (SSSR count). The number of rotatable bonds is 8. The Balaban J connectivity index is 1.17. The van der Waals surface area contributed by atoms with Crippen molar-refractivity contribution in [1.29, 1.82) is 0 Å². The van der Waals surface area contributed by atoms with Crippen LogP contribution in [0.3, 0.4) is 0 Å². The third-order valence-electron chi connectivity index (χ3n) is 13.1. The van der Waals surface area contributed by atoms with E-state index in [0.717, 1.165) is 48.3 Å². The smallest absolute Gasteiger partial charge is 0.412 e. The molecule has 45 heavy (non-hydrogen) atoms. The van der Waals surface area contributed by atoms with Gasteiger partial charge in [-0.2, -0.15) is 0 Å². The summed E-state index contributed by atoms with van der Waals surface area (Å²) in [6, 6.07) is 4.75. The average Bonchev–Trinajstić information content (AvgIpc) is 3.29. The minimum Gasteiger partial charge on any atom is -0.507 e. The molecule has 0 saturated heterocycles. The molecule has 4 saturated carbocycles. The molecule has 4 aliphatic carbocycles. The first-order chi connectivity index (χ1) is 21.1. The van der Waals surface area contributed by atoms with Gasteiger partial charge < -0.3 is 15.2 Å². The maximum atomic E-state index is 13.3. The molecule has 1 unspecified atom stereocenters. The van der Waals surface area contributed by atoms with Crippen molar-refractivity contribution >= 4 is 17.7 Å². The van der Waals surface area contributed by atoms with E-state index in [1.165, 1.54) is 70.3 Å². The molecule has 0 radical (unpaired) electrons. The number of amides is 2. The first-order valence-corrected chi connectivity index (χ1v) is 18.2. The quantitative estimate of drug-likeness (QED) is 0.269. The maximum Gasteiger partial charge on any atom is 0.412 e. The van der Waals surface area contributed by atoms with E-state index in [-0.39, 0.29) is 23.3 Å². The number of nitrogens with one attached hydrogen (secondary N) is 2. The van der Waals surface area contributed by atoms with Crippen molar-refractivity contribution in [2.24, 2.45) is 52.3 Å². The monoisotopic (exact) mass is 622 g/mol. The van der Waals surface area contributed by atoms with Gasteiger partial charge in [-0.25, -0.2) is 4.79 Å². The van der Waals surface area contributed by atoms with E-state index in [2.05, 4.69) is 45.3 Å². The zero-order valence-corrected chi connectivity index (χ0v) is 29.5. The highest BCUT2D eigenvalue weighted by atomic mass is 16.6. The second-order valence-electron chi connectivity index (χ2n) is 17.5. The number of aromatic hydroxyl groups is 1. The van der Waals surface area contributed by atoms with Gasteiger partial charge in [-0.15, -0.1) is 0 Å². The topological polar surface area (TPSA) is 87.7 Å². The molecule has 9 atom stereocenters. The van der Waals surface area contributed by atoms with Gasteiger partial charge in [0.1, 0.15) is 11.4 Å². The van der Waals surface area contributed by atoms with Crippen LogP contribution in [0.4, 0.5) is 10.5 Å². The van der Waals surface area contributed by atoms with Crippen molar-refractivity contribution in [3.05, 3.63) is 23.8 Å². The van der Waals surface area contributed by atoms with Gasteiger partial charge in [-0.05, 0) is 143 Å². The summed E-state index contributed by atoms with van der Waals surface area (Å²) in [4.78, 5) is 25.4. The van der Waals surface area contributed by atoms with Crippen molar-refractivity contribution in [3.8, 4) is 5.75 Å². The van der Waals surface area contributed by atoms with Gasteiger partial charge in [0, 0.05) is 17.8 Å². The molecule has 1 aromatic rings. The number of carbonyl (C=O) groups is 2. The van der Waals surface area contributed by atoms with Crippen LogP contribution in [-0.4, -0.2) is 28.7 Å². The van der Waals surface area contributed by atoms with E-state index in [9.17, 15) is 14.7 Å². The Kier molecular flexibility index (Phi) is 9.93.